The normalized spacial score (nSPS) is 18.6. The summed E-state index contributed by atoms with van der Waals surface area (Å²) in [4.78, 5) is 12.7. The lowest BCUT2D eigenvalue weighted by atomic mass is 9.98. The molecule has 1 heterocycles. The highest BCUT2D eigenvalue weighted by Gasteiger charge is 2.33. The topological polar surface area (TPSA) is 75.7 Å². The van der Waals surface area contributed by atoms with Crippen LogP contribution in [0.25, 0.3) is 0 Å². The summed E-state index contributed by atoms with van der Waals surface area (Å²) in [5, 5.41) is 2.92. The van der Waals surface area contributed by atoms with Crippen molar-refractivity contribution < 1.29 is 22.3 Å². The average Bonchev–Trinajstić information content (AvgIpc) is 2.74. The summed E-state index contributed by atoms with van der Waals surface area (Å²) in [7, 11) is -3.76. The fourth-order valence-electron chi connectivity index (χ4n) is 3.39. The number of aryl methyl sites for hydroxylation is 1. The number of hydrogen-bond acceptors (Lipinski definition) is 4. The molecule has 0 bridgehead atoms. The minimum absolute atomic E-state index is 0.0322. The highest BCUT2D eigenvalue weighted by atomic mass is 32.2. The first-order valence-corrected chi connectivity index (χ1v) is 11.5. The molecule has 0 unspecified atom stereocenters. The first-order chi connectivity index (χ1) is 14.3. The summed E-state index contributed by atoms with van der Waals surface area (Å²) in [5.41, 5.74) is 1.14. The summed E-state index contributed by atoms with van der Waals surface area (Å²) >= 11 is 0. The Labute approximate surface area is 177 Å². The second-order valence-corrected chi connectivity index (χ2v) is 9.63. The molecule has 1 aliphatic heterocycles. The number of nitrogens with zero attached hydrogens (tertiary/aromatic N) is 1. The van der Waals surface area contributed by atoms with Crippen LogP contribution >= 0.6 is 0 Å². The summed E-state index contributed by atoms with van der Waals surface area (Å²) < 4.78 is 45.8. The van der Waals surface area contributed by atoms with E-state index in [1.165, 1.54) is 16.4 Å². The van der Waals surface area contributed by atoms with Gasteiger partial charge in [-0.05, 0) is 63.1 Å². The van der Waals surface area contributed by atoms with Crippen molar-refractivity contribution in [3.05, 3.63) is 59.9 Å². The molecule has 0 saturated carbocycles. The van der Waals surface area contributed by atoms with Crippen LogP contribution in [0.4, 0.5) is 4.39 Å². The number of hydrogen-bond donors (Lipinski definition) is 1. The third kappa shape index (κ3) is 5.58. The van der Waals surface area contributed by atoms with E-state index in [0.717, 1.165) is 23.4 Å². The van der Waals surface area contributed by atoms with Crippen molar-refractivity contribution in [2.45, 2.75) is 37.6 Å². The molecular weight excluding hydrogens is 407 g/mol. The van der Waals surface area contributed by atoms with Gasteiger partial charge in [-0.2, -0.15) is 4.31 Å². The smallest absolute Gasteiger partial charge is 0.243 e. The Balaban J connectivity index is 1.55. The molecule has 2 aromatic carbocycles. The third-order valence-electron chi connectivity index (χ3n) is 5.12. The van der Waals surface area contributed by atoms with Gasteiger partial charge in [0.1, 0.15) is 18.2 Å². The standard InChI is InChI=1S/C22H27FN2O4S/c1-16-5-9-20(10-6-16)29-15-17(2)24-22(26)18-4-3-13-25(14-18)30(27,28)21-11-7-19(23)8-12-21/h5-12,17-18H,3-4,13-15H2,1-2H3,(H,24,26)/t17-,18+/m0/s1. The summed E-state index contributed by atoms with van der Waals surface area (Å²) in [6, 6.07) is 12.2. The largest absolute Gasteiger partial charge is 0.491 e. The number of carbonyl (C=O) groups is 1. The first kappa shape index (κ1) is 22.2. The van der Waals surface area contributed by atoms with E-state index in [9.17, 15) is 17.6 Å². The monoisotopic (exact) mass is 434 g/mol. The van der Waals surface area contributed by atoms with Crippen molar-refractivity contribution in [1.82, 2.24) is 9.62 Å². The van der Waals surface area contributed by atoms with Crippen LogP contribution in [0.2, 0.25) is 0 Å². The van der Waals surface area contributed by atoms with Crippen molar-refractivity contribution in [3.8, 4) is 5.75 Å². The minimum Gasteiger partial charge on any atom is -0.491 e. The molecule has 1 saturated heterocycles. The summed E-state index contributed by atoms with van der Waals surface area (Å²) in [6.45, 7) is 4.62. The second-order valence-electron chi connectivity index (χ2n) is 7.69. The van der Waals surface area contributed by atoms with Crippen LogP contribution in [0.5, 0.6) is 5.75 Å². The molecular formula is C22H27FN2O4S. The van der Waals surface area contributed by atoms with Crippen LogP contribution in [0.3, 0.4) is 0 Å². The molecule has 1 aliphatic rings. The van der Waals surface area contributed by atoms with E-state index in [2.05, 4.69) is 5.32 Å². The van der Waals surface area contributed by atoms with Crippen LogP contribution < -0.4 is 10.1 Å². The molecule has 8 heteroatoms. The number of nitrogens with one attached hydrogen (secondary N) is 1. The summed E-state index contributed by atoms with van der Waals surface area (Å²) in [6.07, 6.45) is 1.21. The molecule has 1 N–H and O–H groups in total. The molecule has 0 aromatic heterocycles. The quantitative estimate of drug-likeness (QED) is 0.727. The summed E-state index contributed by atoms with van der Waals surface area (Å²) in [5.74, 6) is -0.382. The van der Waals surface area contributed by atoms with E-state index in [1.54, 1.807) is 0 Å². The maximum atomic E-state index is 13.1. The minimum atomic E-state index is -3.76. The number of amides is 1. The number of rotatable bonds is 7. The van der Waals surface area contributed by atoms with Crippen molar-refractivity contribution in [2.24, 2.45) is 5.92 Å². The number of piperidine rings is 1. The molecule has 162 valence electrons. The maximum absolute atomic E-state index is 13.1. The SMILES string of the molecule is Cc1ccc(OC[C@H](C)NC(=O)[C@@H]2CCCN(S(=O)(=O)c3ccc(F)cc3)C2)cc1. The van der Waals surface area contributed by atoms with Crippen molar-refractivity contribution in [1.29, 1.82) is 0 Å². The zero-order valence-corrected chi connectivity index (χ0v) is 18.0. The van der Waals surface area contributed by atoms with Gasteiger partial charge < -0.3 is 10.1 Å². The Bertz CT molecular complexity index is 962. The lowest BCUT2D eigenvalue weighted by Gasteiger charge is -2.31. The van der Waals surface area contributed by atoms with Crippen LogP contribution in [-0.4, -0.2) is 44.4 Å². The van der Waals surface area contributed by atoms with Crippen LogP contribution in [0, 0.1) is 18.7 Å². The molecule has 1 amide bonds. The van der Waals surface area contributed by atoms with Gasteiger partial charge in [0, 0.05) is 13.1 Å². The van der Waals surface area contributed by atoms with E-state index < -0.39 is 21.8 Å². The van der Waals surface area contributed by atoms with E-state index in [-0.39, 0.29) is 23.4 Å². The molecule has 2 aromatic rings. The van der Waals surface area contributed by atoms with Gasteiger partial charge in [0.25, 0.3) is 0 Å². The zero-order valence-electron chi connectivity index (χ0n) is 17.2. The van der Waals surface area contributed by atoms with E-state index in [4.69, 9.17) is 4.74 Å². The highest BCUT2D eigenvalue weighted by molar-refractivity contribution is 7.89. The van der Waals surface area contributed by atoms with Gasteiger partial charge in [-0.15, -0.1) is 0 Å². The van der Waals surface area contributed by atoms with Crippen molar-refractivity contribution >= 4 is 15.9 Å². The van der Waals surface area contributed by atoms with Gasteiger partial charge in [0.15, 0.2) is 0 Å². The van der Waals surface area contributed by atoms with Crippen LogP contribution in [0.15, 0.2) is 53.4 Å². The van der Waals surface area contributed by atoms with E-state index in [1.807, 2.05) is 38.1 Å². The number of carbonyl (C=O) groups excluding carboxylic acids is 1. The molecule has 0 spiro atoms. The third-order valence-corrected chi connectivity index (χ3v) is 7.00. The first-order valence-electron chi connectivity index (χ1n) is 10.0. The Morgan fingerprint density at radius 1 is 1.20 bits per heavy atom. The Hall–Kier alpha value is -2.45. The lowest BCUT2D eigenvalue weighted by molar-refractivity contribution is -0.126. The molecule has 3 rings (SSSR count). The average molecular weight is 435 g/mol. The molecule has 1 fully saturated rings. The Morgan fingerprint density at radius 2 is 1.87 bits per heavy atom. The van der Waals surface area contributed by atoms with Crippen molar-refractivity contribution in [3.63, 3.8) is 0 Å². The van der Waals surface area contributed by atoms with E-state index in [0.29, 0.717) is 26.0 Å². The van der Waals surface area contributed by atoms with Gasteiger partial charge in [-0.25, -0.2) is 12.8 Å². The fraction of sp³-hybridized carbons (Fsp3) is 0.409. The Kier molecular flexibility index (Phi) is 7.10. The van der Waals surface area contributed by atoms with E-state index >= 15 is 0 Å². The van der Waals surface area contributed by atoms with Gasteiger partial charge in [0.2, 0.25) is 15.9 Å². The van der Waals surface area contributed by atoms with Gasteiger partial charge in [-0.3, -0.25) is 4.79 Å². The van der Waals surface area contributed by atoms with Crippen LogP contribution in [-0.2, 0) is 14.8 Å². The number of benzene rings is 2. The van der Waals surface area contributed by atoms with Gasteiger partial charge >= 0.3 is 0 Å². The molecule has 30 heavy (non-hydrogen) atoms. The van der Waals surface area contributed by atoms with Gasteiger partial charge in [-0.1, -0.05) is 17.7 Å². The maximum Gasteiger partial charge on any atom is 0.243 e. The molecule has 0 aliphatic carbocycles. The Morgan fingerprint density at radius 3 is 2.53 bits per heavy atom. The predicted octanol–water partition coefficient (Wildman–Crippen LogP) is 3.12. The number of sulfonamides is 1. The molecule has 2 atom stereocenters. The second kappa shape index (κ2) is 9.57. The zero-order chi connectivity index (χ0) is 21.7. The number of ether oxygens (including phenoxy) is 1. The highest BCUT2D eigenvalue weighted by Crippen LogP contribution is 2.24. The van der Waals surface area contributed by atoms with Crippen molar-refractivity contribution in [2.75, 3.05) is 19.7 Å². The lowest BCUT2D eigenvalue weighted by Crippen LogP contribution is -2.48. The fourth-order valence-corrected chi connectivity index (χ4v) is 4.91. The van der Waals surface area contributed by atoms with Crippen LogP contribution in [0.1, 0.15) is 25.3 Å². The molecule has 6 nitrogen and oxygen atoms in total. The number of halogens is 1. The predicted molar refractivity (Wildman–Crippen MR) is 112 cm³/mol. The van der Waals surface area contributed by atoms with Gasteiger partial charge in [0.05, 0.1) is 16.9 Å². The molecule has 0 radical (unpaired) electrons.